The second-order valence-electron chi connectivity index (χ2n) is 6.53. The molecule has 28 heavy (non-hydrogen) atoms. The third-order valence-corrected chi connectivity index (χ3v) is 7.04. The predicted octanol–water partition coefficient (Wildman–Crippen LogP) is 1.14. The Hall–Kier alpha value is -2.79. The zero-order valence-electron chi connectivity index (χ0n) is 14.8. The third kappa shape index (κ3) is 3.38. The molecule has 1 amide bonds. The number of carbonyl (C=O) groups is 1. The lowest BCUT2D eigenvalue weighted by Gasteiger charge is -2.19. The highest BCUT2D eigenvalue weighted by molar-refractivity contribution is 7.92. The molecule has 0 saturated carbocycles. The molecule has 11 heteroatoms. The number of carbonyl (C=O) groups excluding carboxylic acids is 1. The van der Waals surface area contributed by atoms with Gasteiger partial charge in [-0.25, -0.2) is 16.8 Å². The molecule has 2 aliphatic heterocycles. The van der Waals surface area contributed by atoms with Gasteiger partial charge >= 0.3 is 0 Å². The van der Waals surface area contributed by atoms with Crippen molar-refractivity contribution in [1.29, 1.82) is 0 Å². The first-order valence-electron chi connectivity index (χ1n) is 8.34. The minimum absolute atomic E-state index is 0.0321. The maximum absolute atomic E-state index is 12.7. The van der Waals surface area contributed by atoms with Crippen molar-refractivity contribution in [1.82, 2.24) is 0 Å². The summed E-state index contributed by atoms with van der Waals surface area (Å²) in [6, 6.07) is 8.92. The van der Waals surface area contributed by atoms with Crippen LogP contribution in [0, 0.1) is 0 Å². The molecule has 2 N–H and O–H groups in total. The number of ether oxygens (including phenoxy) is 1. The van der Waals surface area contributed by atoms with Gasteiger partial charge in [0.15, 0.2) is 6.61 Å². The van der Waals surface area contributed by atoms with E-state index in [1.807, 2.05) is 0 Å². The minimum Gasteiger partial charge on any atom is -0.482 e. The van der Waals surface area contributed by atoms with E-state index in [4.69, 9.17) is 4.74 Å². The third-order valence-electron chi connectivity index (χ3n) is 4.48. The van der Waals surface area contributed by atoms with Crippen molar-refractivity contribution in [2.24, 2.45) is 0 Å². The zero-order valence-corrected chi connectivity index (χ0v) is 16.4. The van der Waals surface area contributed by atoms with Gasteiger partial charge in [0.05, 0.1) is 22.5 Å². The largest absolute Gasteiger partial charge is 0.482 e. The zero-order chi connectivity index (χ0) is 20.1. The molecule has 148 valence electrons. The van der Waals surface area contributed by atoms with Crippen molar-refractivity contribution in [3.8, 4) is 5.75 Å². The maximum atomic E-state index is 12.7. The van der Waals surface area contributed by atoms with E-state index in [0.29, 0.717) is 30.1 Å². The SMILES string of the molecule is CS(=O)(=O)N1CCc2cc(NS(=O)(=O)c3ccc4c(c3)NC(=O)CO4)ccc21. The number of hydrogen-bond donors (Lipinski definition) is 2. The van der Waals surface area contributed by atoms with Crippen LogP contribution < -0.4 is 19.1 Å². The van der Waals surface area contributed by atoms with Crippen LogP contribution in [0.15, 0.2) is 41.3 Å². The summed E-state index contributed by atoms with van der Waals surface area (Å²) >= 11 is 0. The summed E-state index contributed by atoms with van der Waals surface area (Å²) in [5.41, 5.74) is 1.92. The van der Waals surface area contributed by atoms with Crippen molar-refractivity contribution in [3.63, 3.8) is 0 Å². The molecule has 0 radical (unpaired) electrons. The molecular formula is C17H17N3O6S2. The van der Waals surface area contributed by atoms with Gasteiger partial charge in [-0.15, -0.1) is 0 Å². The van der Waals surface area contributed by atoms with E-state index in [0.717, 1.165) is 11.8 Å². The Morgan fingerprint density at radius 2 is 1.89 bits per heavy atom. The summed E-state index contributed by atoms with van der Waals surface area (Å²) in [6.45, 7) is 0.214. The fraction of sp³-hybridized carbons (Fsp3) is 0.235. The van der Waals surface area contributed by atoms with E-state index in [1.165, 1.54) is 28.6 Å². The second kappa shape index (κ2) is 6.38. The van der Waals surface area contributed by atoms with Crippen LogP contribution in [0.4, 0.5) is 17.1 Å². The number of sulfonamides is 2. The molecule has 0 spiro atoms. The molecule has 2 aromatic carbocycles. The highest BCUT2D eigenvalue weighted by Crippen LogP contribution is 2.34. The van der Waals surface area contributed by atoms with Gasteiger partial charge in [-0.2, -0.15) is 0 Å². The summed E-state index contributed by atoms with van der Waals surface area (Å²) in [5.74, 6) is 0.0426. The lowest BCUT2D eigenvalue weighted by Crippen LogP contribution is -2.27. The maximum Gasteiger partial charge on any atom is 0.262 e. The van der Waals surface area contributed by atoms with Crippen molar-refractivity contribution >= 4 is 43.0 Å². The molecule has 0 fully saturated rings. The molecule has 2 aromatic rings. The van der Waals surface area contributed by atoms with Gasteiger partial charge in [-0.3, -0.25) is 13.8 Å². The Morgan fingerprint density at radius 1 is 1.11 bits per heavy atom. The number of fused-ring (bicyclic) bond motifs is 2. The molecular weight excluding hydrogens is 406 g/mol. The van der Waals surface area contributed by atoms with Crippen LogP contribution in [-0.2, 0) is 31.3 Å². The van der Waals surface area contributed by atoms with Gasteiger partial charge in [0.2, 0.25) is 10.0 Å². The van der Waals surface area contributed by atoms with E-state index in [1.54, 1.807) is 12.1 Å². The lowest BCUT2D eigenvalue weighted by atomic mass is 10.1. The van der Waals surface area contributed by atoms with Crippen LogP contribution in [0.2, 0.25) is 0 Å². The number of rotatable bonds is 4. The predicted molar refractivity (Wildman–Crippen MR) is 104 cm³/mol. The number of anilines is 3. The Kier molecular flexibility index (Phi) is 4.23. The van der Waals surface area contributed by atoms with Gasteiger partial charge in [-0.05, 0) is 48.4 Å². The molecule has 9 nitrogen and oxygen atoms in total. The quantitative estimate of drug-likeness (QED) is 0.761. The average molecular weight is 423 g/mol. The van der Waals surface area contributed by atoms with Gasteiger partial charge in [-0.1, -0.05) is 0 Å². The van der Waals surface area contributed by atoms with Crippen molar-refractivity contribution < 1.29 is 26.4 Å². The summed E-state index contributed by atoms with van der Waals surface area (Å²) in [6.07, 6.45) is 1.64. The molecule has 0 atom stereocenters. The second-order valence-corrected chi connectivity index (χ2v) is 10.1. The number of amides is 1. The molecule has 2 heterocycles. The van der Waals surface area contributed by atoms with Crippen LogP contribution in [0.1, 0.15) is 5.56 Å². The fourth-order valence-corrected chi connectivity index (χ4v) is 5.26. The first-order chi connectivity index (χ1) is 13.1. The number of nitrogens with zero attached hydrogens (tertiary/aromatic N) is 1. The van der Waals surface area contributed by atoms with E-state index in [-0.39, 0.29) is 23.1 Å². The monoisotopic (exact) mass is 423 g/mol. The molecule has 0 aromatic heterocycles. The van der Waals surface area contributed by atoms with Crippen LogP contribution in [0.5, 0.6) is 5.75 Å². The first-order valence-corrected chi connectivity index (χ1v) is 11.7. The summed E-state index contributed by atoms with van der Waals surface area (Å²) < 4.78 is 58.1. The topological polar surface area (TPSA) is 122 Å². The van der Waals surface area contributed by atoms with E-state index < -0.39 is 20.0 Å². The minimum atomic E-state index is -3.91. The number of hydrogen-bond acceptors (Lipinski definition) is 6. The summed E-state index contributed by atoms with van der Waals surface area (Å²) in [5, 5.41) is 2.57. The standard InChI is InChI=1S/C17H17N3O6S2/c1-27(22,23)20-7-6-11-8-12(2-4-15(11)20)19-28(24,25)13-3-5-16-14(9-13)18-17(21)10-26-16/h2-5,8-9,19H,6-7,10H2,1H3,(H,18,21). The Bertz CT molecular complexity index is 1190. The number of nitrogens with one attached hydrogen (secondary N) is 2. The van der Waals surface area contributed by atoms with Gasteiger partial charge in [0, 0.05) is 12.2 Å². The Balaban J connectivity index is 1.61. The van der Waals surface area contributed by atoms with E-state index in [2.05, 4.69) is 10.0 Å². The molecule has 4 rings (SSSR count). The molecule has 0 unspecified atom stereocenters. The molecule has 2 aliphatic rings. The van der Waals surface area contributed by atoms with Crippen molar-refractivity contribution in [2.45, 2.75) is 11.3 Å². The lowest BCUT2D eigenvalue weighted by molar-refractivity contribution is -0.118. The van der Waals surface area contributed by atoms with E-state index >= 15 is 0 Å². The van der Waals surface area contributed by atoms with Gasteiger partial charge in [0.1, 0.15) is 5.75 Å². The Labute approximate surface area is 162 Å². The average Bonchev–Trinajstić information content (AvgIpc) is 3.04. The van der Waals surface area contributed by atoms with Crippen molar-refractivity contribution in [2.75, 3.05) is 33.8 Å². The molecule has 0 aliphatic carbocycles. The molecule has 0 saturated heterocycles. The number of benzene rings is 2. The van der Waals surface area contributed by atoms with Crippen LogP contribution >= 0.6 is 0 Å². The van der Waals surface area contributed by atoms with E-state index in [9.17, 15) is 21.6 Å². The summed E-state index contributed by atoms with van der Waals surface area (Å²) in [7, 11) is -7.28. The normalized spacial score (nSPS) is 16.0. The van der Waals surface area contributed by atoms with Crippen molar-refractivity contribution in [3.05, 3.63) is 42.0 Å². The fourth-order valence-electron chi connectivity index (χ4n) is 3.22. The molecule has 0 bridgehead atoms. The highest BCUT2D eigenvalue weighted by Gasteiger charge is 2.27. The Morgan fingerprint density at radius 3 is 2.64 bits per heavy atom. The van der Waals surface area contributed by atoms with Gasteiger partial charge in [0.25, 0.3) is 15.9 Å². The van der Waals surface area contributed by atoms with Crippen LogP contribution in [0.3, 0.4) is 0 Å². The first kappa shape index (κ1) is 18.6. The summed E-state index contributed by atoms with van der Waals surface area (Å²) in [4.78, 5) is 11.4. The highest BCUT2D eigenvalue weighted by atomic mass is 32.2. The smallest absolute Gasteiger partial charge is 0.262 e. The van der Waals surface area contributed by atoms with Crippen LogP contribution in [0.25, 0.3) is 0 Å². The van der Waals surface area contributed by atoms with Gasteiger partial charge < -0.3 is 10.1 Å². The van der Waals surface area contributed by atoms with Crippen LogP contribution in [-0.4, -0.2) is 42.2 Å².